The molecule has 0 rings (SSSR count). The number of hydrogen-bond donors (Lipinski definition) is 0. The van der Waals surface area contributed by atoms with Crippen LogP contribution in [-0.2, 0) is 0 Å². The Morgan fingerprint density at radius 2 is 1.86 bits per heavy atom. The first-order chi connectivity index (χ1) is 3.18. The Bertz CT molecular complexity index is 68.1. The molecular weight excluding hydrogens is 84.1 g/mol. The molecule has 0 aromatic rings. The maximum atomic E-state index is 3.08. The van der Waals surface area contributed by atoms with E-state index in [1.54, 1.807) is 0 Å². The van der Waals surface area contributed by atoms with Crippen LogP contribution >= 0.6 is 0 Å². The van der Waals surface area contributed by atoms with Crippen molar-refractivity contribution in [3.63, 3.8) is 0 Å². The third-order valence-corrected chi connectivity index (χ3v) is 1.26. The average Bonchev–Trinajstić information content (AvgIpc) is 1.65. The van der Waals surface area contributed by atoms with Gasteiger partial charge >= 0.3 is 0 Å². The monoisotopic (exact) mass is 97.1 g/mol. The molecule has 0 heterocycles. The molecule has 0 unspecified atom stereocenters. The molecule has 0 spiro atoms. The standard InChI is InChI=1S/C7H13/c1-5-7(4)6(2)3/h6H,1-4H3. The Morgan fingerprint density at radius 3 is 1.86 bits per heavy atom. The zero-order valence-electron chi connectivity index (χ0n) is 5.58. The fourth-order valence-corrected chi connectivity index (χ4v) is 0.289. The van der Waals surface area contributed by atoms with E-state index in [-0.39, 0.29) is 0 Å². The van der Waals surface area contributed by atoms with E-state index in [9.17, 15) is 0 Å². The largest absolute Gasteiger partial charge is 0.0676 e. The van der Waals surface area contributed by atoms with Gasteiger partial charge in [-0.15, -0.1) is 0 Å². The molecule has 7 heavy (non-hydrogen) atoms. The van der Waals surface area contributed by atoms with Crippen LogP contribution in [0.3, 0.4) is 0 Å². The fourth-order valence-electron chi connectivity index (χ4n) is 0.289. The molecule has 0 aromatic heterocycles. The summed E-state index contributed by atoms with van der Waals surface area (Å²) in [6, 6.07) is 0. The summed E-state index contributed by atoms with van der Waals surface area (Å²) in [5.74, 6) is 0.671. The molecular formula is C7H13. The summed E-state index contributed by atoms with van der Waals surface area (Å²) in [4.78, 5) is 0. The first-order valence-corrected chi connectivity index (χ1v) is 2.69. The van der Waals surface area contributed by atoms with Crippen molar-refractivity contribution in [2.75, 3.05) is 0 Å². The van der Waals surface area contributed by atoms with Gasteiger partial charge in [-0.3, -0.25) is 0 Å². The normalized spacial score (nSPS) is 13.0. The number of hydrogen-bond acceptors (Lipinski definition) is 0. The summed E-state index contributed by atoms with van der Waals surface area (Å²) in [5.41, 5.74) is 1.35. The van der Waals surface area contributed by atoms with Crippen LogP contribution in [0, 0.1) is 12.0 Å². The van der Waals surface area contributed by atoms with Crippen LogP contribution in [0.1, 0.15) is 27.7 Å². The second-order valence-electron chi connectivity index (χ2n) is 2.09. The van der Waals surface area contributed by atoms with E-state index in [0.29, 0.717) is 5.92 Å². The second kappa shape index (κ2) is 2.84. The highest BCUT2D eigenvalue weighted by Gasteiger charge is 1.90. The van der Waals surface area contributed by atoms with Gasteiger partial charge in [-0.2, -0.15) is 0 Å². The Morgan fingerprint density at radius 1 is 1.43 bits per heavy atom. The molecule has 1 radical (unpaired) electrons. The van der Waals surface area contributed by atoms with E-state index in [1.165, 1.54) is 5.57 Å². The van der Waals surface area contributed by atoms with E-state index < -0.39 is 0 Å². The summed E-state index contributed by atoms with van der Waals surface area (Å²) in [6.07, 6.45) is 3.08. The van der Waals surface area contributed by atoms with Crippen LogP contribution in [-0.4, -0.2) is 0 Å². The van der Waals surface area contributed by atoms with Crippen LogP contribution in [0.25, 0.3) is 0 Å². The van der Waals surface area contributed by atoms with Gasteiger partial charge in [0.05, 0.1) is 0 Å². The molecule has 0 aliphatic rings. The SMILES string of the molecule is C/[C]=C(/C)C(C)C. The number of rotatable bonds is 1. The highest BCUT2D eigenvalue weighted by molar-refractivity contribution is 4.92. The first kappa shape index (κ1) is 6.74. The van der Waals surface area contributed by atoms with Crippen molar-refractivity contribution >= 4 is 0 Å². The Kier molecular flexibility index (Phi) is 2.73. The van der Waals surface area contributed by atoms with Crippen LogP contribution in [0.4, 0.5) is 0 Å². The van der Waals surface area contributed by atoms with E-state index in [4.69, 9.17) is 0 Å². The summed E-state index contributed by atoms with van der Waals surface area (Å²) in [6.45, 7) is 8.40. The highest BCUT2D eigenvalue weighted by Crippen LogP contribution is 2.05. The van der Waals surface area contributed by atoms with Crippen molar-refractivity contribution in [2.45, 2.75) is 27.7 Å². The molecule has 0 aliphatic carbocycles. The zero-order valence-corrected chi connectivity index (χ0v) is 5.58. The van der Waals surface area contributed by atoms with Crippen molar-refractivity contribution in [2.24, 2.45) is 5.92 Å². The molecule has 0 bridgehead atoms. The third kappa shape index (κ3) is 2.44. The molecule has 0 saturated heterocycles. The molecule has 0 amide bonds. The van der Waals surface area contributed by atoms with Crippen LogP contribution < -0.4 is 0 Å². The molecule has 0 aromatic carbocycles. The predicted octanol–water partition coefficient (Wildman–Crippen LogP) is 2.41. The predicted molar refractivity (Wildman–Crippen MR) is 32.9 cm³/mol. The van der Waals surface area contributed by atoms with Crippen molar-refractivity contribution in [1.29, 1.82) is 0 Å². The molecule has 0 atom stereocenters. The van der Waals surface area contributed by atoms with Gasteiger partial charge in [-0.1, -0.05) is 19.4 Å². The van der Waals surface area contributed by atoms with Gasteiger partial charge in [-0.05, 0) is 25.8 Å². The molecule has 0 heteroatoms. The zero-order chi connectivity index (χ0) is 5.86. The van der Waals surface area contributed by atoms with Gasteiger partial charge < -0.3 is 0 Å². The minimum Gasteiger partial charge on any atom is -0.0676 e. The van der Waals surface area contributed by atoms with Crippen LogP contribution in [0.15, 0.2) is 5.57 Å². The van der Waals surface area contributed by atoms with Gasteiger partial charge in [0.1, 0.15) is 0 Å². The van der Waals surface area contributed by atoms with E-state index in [2.05, 4.69) is 26.8 Å². The summed E-state index contributed by atoms with van der Waals surface area (Å²) in [5, 5.41) is 0. The molecule has 0 fully saturated rings. The molecule has 0 nitrogen and oxygen atoms in total. The quantitative estimate of drug-likeness (QED) is 0.471. The summed E-state index contributed by atoms with van der Waals surface area (Å²) < 4.78 is 0. The van der Waals surface area contributed by atoms with Crippen molar-refractivity contribution < 1.29 is 0 Å². The second-order valence-corrected chi connectivity index (χ2v) is 2.09. The van der Waals surface area contributed by atoms with Gasteiger partial charge in [0.2, 0.25) is 0 Å². The Hall–Kier alpha value is -0.260. The van der Waals surface area contributed by atoms with Gasteiger partial charge in [0, 0.05) is 0 Å². The van der Waals surface area contributed by atoms with E-state index >= 15 is 0 Å². The third-order valence-electron chi connectivity index (χ3n) is 1.26. The molecule has 41 valence electrons. The van der Waals surface area contributed by atoms with Crippen LogP contribution in [0.2, 0.25) is 0 Å². The summed E-state index contributed by atoms with van der Waals surface area (Å²) >= 11 is 0. The lowest BCUT2D eigenvalue weighted by molar-refractivity contribution is 0.763. The maximum absolute atomic E-state index is 3.08. The maximum Gasteiger partial charge on any atom is -0.0257 e. The molecule has 0 aliphatic heterocycles. The van der Waals surface area contributed by atoms with Gasteiger partial charge in [-0.25, -0.2) is 0 Å². The number of allylic oxidation sites excluding steroid dienone is 2. The van der Waals surface area contributed by atoms with E-state index in [1.807, 2.05) is 6.92 Å². The Balaban J connectivity index is 3.56. The lowest BCUT2D eigenvalue weighted by Gasteiger charge is -1.99. The smallest absolute Gasteiger partial charge is 0.0257 e. The Labute approximate surface area is 46.2 Å². The lowest BCUT2D eigenvalue weighted by atomic mass is 10.1. The molecule has 0 N–H and O–H groups in total. The minimum absolute atomic E-state index is 0.671. The van der Waals surface area contributed by atoms with Gasteiger partial charge in [0.25, 0.3) is 0 Å². The topological polar surface area (TPSA) is 0 Å². The van der Waals surface area contributed by atoms with Crippen LogP contribution in [0.5, 0.6) is 0 Å². The average molecular weight is 97.2 g/mol. The minimum atomic E-state index is 0.671. The summed E-state index contributed by atoms with van der Waals surface area (Å²) in [7, 11) is 0. The lowest BCUT2D eigenvalue weighted by Crippen LogP contribution is -1.86. The van der Waals surface area contributed by atoms with Gasteiger partial charge in [0.15, 0.2) is 0 Å². The van der Waals surface area contributed by atoms with E-state index in [0.717, 1.165) is 0 Å². The fraction of sp³-hybridized carbons (Fsp3) is 0.714. The highest BCUT2D eigenvalue weighted by atomic mass is 14.0. The molecule has 0 saturated carbocycles. The first-order valence-electron chi connectivity index (χ1n) is 2.69. The van der Waals surface area contributed by atoms with Crippen molar-refractivity contribution in [3.05, 3.63) is 11.6 Å². The van der Waals surface area contributed by atoms with Crippen molar-refractivity contribution in [1.82, 2.24) is 0 Å². The van der Waals surface area contributed by atoms with Crippen molar-refractivity contribution in [3.8, 4) is 0 Å².